The number of carbonyl (C=O) groups is 8. The van der Waals surface area contributed by atoms with Crippen molar-refractivity contribution < 1.29 is 57.2 Å². The maximum atomic E-state index is 14.3. The van der Waals surface area contributed by atoms with Gasteiger partial charge in [0.05, 0.1) is 63.2 Å². The Hall–Kier alpha value is -7.60. The highest BCUT2D eigenvalue weighted by molar-refractivity contribution is 8.00. The molecule has 8 atom stereocenters. The monoisotopic (exact) mass is 1210 g/mol. The number of aliphatic carboxylic acids is 1. The zero-order valence-electron chi connectivity index (χ0n) is 49.7. The van der Waals surface area contributed by atoms with E-state index in [1.54, 1.807) is 51.1 Å². The predicted octanol–water partition coefficient (Wildman–Crippen LogP) is 1.80. The fourth-order valence-corrected chi connectivity index (χ4v) is 15.9. The Morgan fingerprint density at radius 1 is 0.671 bits per heavy atom. The highest BCUT2D eigenvalue weighted by Crippen LogP contribution is 2.37. The number of ether oxygens (including phenoxy) is 1. The highest BCUT2D eigenvalue weighted by atomic mass is 32.2. The van der Waals surface area contributed by atoms with Crippen molar-refractivity contribution in [2.75, 3.05) is 37.7 Å². The van der Waals surface area contributed by atoms with Gasteiger partial charge in [0.25, 0.3) is 8.32 Å². The summed E-state index contributed by atoms with van der Waals surface area (Å²) in [7, 11) is -2.73. The number of hydrogen-bond acceptors (Lipinski definition) is 13. The lowest BCUT2D eigenvalue weighted by Crippen LogP contribution is -2.68. The van der Waals surface area contributed by atoms with Gasteiger partial charge in [0.1, 0.15) is 30.2 Å². The maximum Gasteiger partial charge on any atom is 0.346 e. The molecule has 0 saturated carbocycles. The van der Waals surface area contributed by atoms with Crippen molar-refractivity contribution in [2.45, 2.75) is 141 Å². The molecule has 0 spiro atoms. The molecule has 458 valence electrons. The number of carbonyl (C=O) groups excluding carboxylic acids is 7. The molecule has 23 heteroatoms. The average Bonchev–Trinajstić information content (AvgIpc) is 1.46. The zero-order chi connectivity index (χ0) is 61.7. The summed E-state index contributed by atoms with van der Waals surface area (Å²) < 4.78 is 15.7. The number of thioether (sulfide) groups is 1. The molecule has 11 N–H and O–H groups in total. The fourth-order valence-electron chi connectivity index (χ4n) is 10.4. The Labute approximate surface area is 503 Å². The van der Waals surface area contributed by atoms with E-state index in [0.29, 0.717) is 17.9 Å². The number of carboxylic acid groups (broad SMARTS) is 1. The van der Waals surface area contributed by atoms with Crippen LogP contribution in [0.4, 0.5) is 0 Å². The van der Waals surface area contributed by atoms with E-state index in [1.807, 2.05) is 42.5 Å². The number of amides is 7. The van der Waals surface area contributed by atoms with Gasteiger partial charge in [-0.25, -0.2) is 4.79 Å². The molecule has 4 aromatic rings. The van der Waals surface area contributed by atoms with Crippen LogP contribution in [0.5, 0.6) is 0 Å². The zero-order valence-corrected chi connectivity index (χ0v) is 51.5. The molecule has 6 rings (SSSR count). The smallest absolute Gasteiger partial charge is 0.346 e. The van der Waals surface area contributed by atoms with Crippen LogP contribution in [0.15, 0.2) is 121 Å². The first-order chi connectivity index (χ1) is 40.5. The Balaban J connectivity index is 0.999. The van der Waals surface area contributed by atoms with Crippen molar-refractivity contribution >= 4 is 83.7 Å². The number of nitrogens with one attached hydrogen (secondary N) is 8. The third-order valence-electron chi connectivity index (χ3n) is 14.9. The Morgan fingerprint density at radius 2 is 1.20 bits per heavy atom. The number of guanidine groups is 1. The minimum atomic E-state index is -2.73. The van der Waals surface area contributed by atoms with E-state index < -0.39 is 99.0 Å². The number of nitrogens with zero attached hydrogens (tertiary/aromatic N) is 1. The molecule has 2 aliphatic heterocycles. The van der Waals surface area contributed by atoms with Crippen molar-refractivity contribution in [2.24, 2.45) is 11.7 Å². The molecule has 7 amide bonds. The molecular formula is C62H85N10O11SSi+. The first-order valence-corrected chi connectivity index (χ1v) is 32.0. The summed E-state index contributed by atoms with van der Waals surface area (Å²) in [6.45, 7) is 15.3. The van der Waals surface area contributed by atoms with E-state index in [1.165, 1.54) is 29.1 Å². The topological polar surface area (TPSA) is 301 Å². The third-order valence-corrected chi connectivity index (χ3v) is 21.0. The first-order valence-electron chi connectivity index (χ1n) is 29.0. The molecule has 4 aromatic carbocycles. The van der Waals surface area contributed by atoms with E-state index in [9.17, 15) is 43.5 Å². The first kappa shape index (κ1) is 66.5. The summed E-state index contributed by atoms with van der Waals surface area (Å²) in [5.74, 6) is -5.36. The van der Waals surface area contributed by atoms with Crippen molar-refractivity contribution in [3.63, 3.8) is 0 Å². The van der Waals surface area contributed by atoms with Crippen LogP contribution in [0.25, 0.3) is 0 Å². The van der Waals surface area contributed by atoms with Gasteiger partial charge >= 0.3 is 11.9 Å². The number of hydrogen-bond donors (Lipinski definition) is 10. The van der Waals surface area contributed by atoms with Gasteiger partial charge in [0, 0.05) is 25.0 Å². The van der Waals surface area contributed by atoms with Gasteiger partial charge in [-0.3, -0.25) is 48.8 Å². The minimum absolute atomic E-state index is 0.0284. The lowest BCUT2D eigenvalue weighted by atomic mass is 10.0. The van der Waals surface area contributed by atoms with Crippen molar-refractivity contribution in [1.82, 2.24) is 42.5 Å². The van der Waals surface area contributed by atoms with E-state index in [4.69, 9.17) is 14.9 Å². The second-order valence-corrected chi connectivity index (χ2v) is 28.5. The van der Waals surface area contributed by atoms with Crippen LogP contribution in [0.2, 0.25) is 5.04 Å². The summed E-state index contributed by atoms with van der Waals surface area (Å²) in [5, 5.41) is 35.0. The second kappa shape index (κ2) is 32.1. The van der Waals surface area contributed by atoms with Crippen LogP contribution in [0.3, 0.4) is 0 Å². The van der Waals surface area contributed by atoms with Gasteiger partial charge in [-0.1, -0.05) is 156 Å². The molecule has 21 nitrogen and oxygen atoms in total. The van der Waals surface area contributed by atoms with Crippen molar-refractivity contribution in [1.29, 1.82) is 0 Å². The lowest BCUT2D eigenvalue weighted by molar-refractivity contribution is -0.542. The number of rotatable bonds is 31. The van der Waals surface area contributed by atoms with Gasteiger partial charge < -0.3 is 51.9 Å². The third kappa shape index (κ3) is 20.0. The van der Waals surface area contributed by atoms with Gasteiger partial charge in [0.15, 0.2) is 0 Å². The average molecular weight is 1210 g/mol. The van der Waals surface area contributed by atoms with E-state index in [-0.39, 0.29) is 54.1 Å². The summed E-state index contributed by atoms with van der Waals surface area (Å²) in [6.07, 6.45) is 0.0344. The summed E-state index contributed by atoms with van der Waals surface area (Å²) >= 11 is 1.44. The Morgan fingerprint density at radius 3 is 1.76 bits per heavy atom. The second-order valence-electron chi connectivity index (χ2n) is 23.2. The largest absolute Gasteiger partial charge is 0.480 e. The van der Waals surface area contributed by atoms with Crippen LogP contribution in [0.1, 0.15) is 85.3 Å². The summed E-state index contributed by atoms with van der Waals surface area (Å²) in [4.78, 5) is 106. The molecular weight excluding hydrogens is 1120 g/mol. The Bertz CT molecular complexity index is 2880. The number of primary amides is 1. The summed E-state index contributed by atoms with van der Waals surface area (Å²) in [6, 6.07) is 32.0. The van der Waals surface area contributed by atoms with Crippen LogP contribution in [-0.2, 0) is 60.5 Å². The summed E-state index contributed by atoms with van der Waals surface area (Å²) in [5.41, 5.74) is 6.85. The molecule has 0 fully saturated rings. The molecule has 85 heavy (non-hydrogen) atoms. The fraction of sp³-hybridized carbons (Fsp3) is 0.468. The van der Waals surface area contributed by atoms with Crippen molar-refractivity contribution in [3.05, 3.63) is 132 Å². The van der Waals surface area contributed by atoms with Crippen LogP contribution in [-0.4, -0.2) is 157 Å². The lowest BCUT2D eigenvalue weighted by Gasteiger charge is -2.44. The Kier molecular flexibility index (Phi) is 25.1. The molecule has 0 unspecified atom stereocenters. The highest BCUT2D eigenvalue weighted by Gasteiger charge is 2.51. The molecule has 2 aliphatic rings. The van der Waals surface area contributed by atoms with Gasteiger partial charge in [-0.05, 0) is 52.7 Å². The standard InChI is InChI=1S/C62H84N10O11SSi/c1-40(2)32-49(57(77)68-50(34-52(63)73)58(78)70-51(60(80)81)33-43-20-12-8-13-21-43)69-59(79)55(42(4)82-36-44-22-14-9-15-23-44)71-56(76)41(3)65-53(74)35-64-54(75)39-84-38-46-29-31-72-30-28-45(66-61(72)67-46)37-83-85(62(5,6)7,47-24-16-10-17-25-47)48-26-18-11-19-27-48/h8-27,40-42,45-46,49-51,55H,28-39H2,1-7H3,(H10,63,64,65,66,67,68,69,70,71,73,74,75,76,77,78,79,80,81)/p+1/t41-,42+,45-,46-,49-,50-,51-,55-/m0/s1. The van der Waals surface area contributed by atoms with E-state index >= 15 is 0 Å². The van der Waals surface area contributed by atoms with E-state index in [2.05, 4.69) is 116 Å². The number of benzene rings is 4. The quantitative estimate of drug-likeness (QED) is 0.0254. The molecule has 0 saturated heterocycles. The normalized spacial score (nSPS) is 17.2. The number of carboxylic acids is 1. The predicted molar refractivity (Wildman–Crippen MR) is 329 cm³/mol. The number of nitrogens with two attached hydrogens (primary N) is 1. The molecule has 0 aromatic heterocycles. The molecule has 2 heterocycles. The van der Waals surface area contributed by atoms with E-state index in [0.717, 1.165) is 37.5 Å². The SMILES string of the molecule is CC(C)C[C@H](NC(=O)[C@@H](NC(=O)[C@H](C)NC(=O)CNC(=O)CSC[C@@H]1CC[N+]2=C(N[C@H](CO[Si](c3ccccc3)(c3ccccc3)C(C)(C)C)CC2)N1)[C@@H](C)OCc1ccccc1)C(=O)N[C@@H](CC(N)=O)C(=O)N[C@@H](Cc1ccccc1)C(=O)O. The molecule has 0 radical (unpaired) electrons. The van der Waals surface area contributed by atoms with Crippen LogP contribution < -0.4 is 58.6 Å². The van der Waals surface area contributed by atoms with Gasteiger partial charge in [0.2, 0.25) is 41.4 Å². The van der Waals surface area contributed by atoms with Crippen molar-refractivity contribution in [3.8, 4) is 0 Å². The van der Waals surface area contributed by atoms with Gasteiger partial charge in [-0.15, -0.1) is 11.8 Å². The minimum Gasteiger partial charge on any atom is -0.480 e. The van der Waals surface area contributed by atoms with Crippen LogP contribution in [0, 0.1) is 5.92 Å². The molecule has 0 bridgehead atoms. The van der Waals surface area contributed by atoms with Gasteiger partial charge in [-0.2, -0.15) is 0 Å². The molecule has 0 aliphatic carbocycles. The maximum absolute atomic E-state index is 14.3. The van der Waals surface area contributed by atoms with Crippen LogP contribution >= 0.6 is 11.8 Å².